The van der Waals surface area contributed by atoms with Crippen molar-refractivity contribution in [2.45, 2.75) is 66.2 Å². The van der Waals surface area contributed by atoms with E-state index in [1.54, 1.807) is 0 Å². The Labute approximate surface area is 347 Å². The summed E-state index contributed by atoms with van der Waals surface area (Å²) < 4.78 is 13.5. The Morgan fingerprint density at radius 2 is 1.29 bits per heavy atom. The highest BCUT2D eigenvalue weighted by atomic mass is 16.5. The predicted molar refractivity (Wildman–Crippen MR) is 243 cm³/mol. The molecule has 0 bridgehead atoms. The van der Waals surface area contributed by atoms with Crippen LogP contribution in [0, 0.1) is 20.2 Å². The number of pyridine rings is 1. The summed E-state index contributed by atoms with van der Waals surface area (Å²) in [5, 5.41) is 2.33. The van der Waals surface area contributed by atoms with Gasteiger partial charge in [0.1, 0.15) is 17.3 Å². The molecule has 0 aliphatic heterocycles. The first kappa shape index (κ1) is 37.8. The number of ether oxygens (including phenoxy) is 1. The van der Waals surface area contributed by atoms with E-state index in [0.717, 1.165) is 61.9 Å². The van der Waals surface area contributed by atoms with Crippen molar-refractivity contribution < 1.29 is 9.30 Å². The largest absolute Gasteiger partial charge is 0.458 e. The van der Waals surface area contributed by atoms with Crippen molar-refractivity contribution in [3.8, 4) is 50.9 Å². The molecule has 0 N–H and O–H groups in total. The first-order chi connectivity index (χ1) is 28.3. The van der Waals surface area contributed by atoms with Gasteiger partial charge in [-0.05, 0) is 124 Å². The van der Waals surface area contributed by atoms with E-state index in [1.807, 2.05) is 6.20 Å². The minimum atomic E-state index is -0.164. The third kappa shape index (κ3) is 7.23. The maximum Gasteiger partial charge on any atom is 0.269 e. The molecule has 0 saturated heterocycles. The summed E-state index contributed by atoms with van der Waals surface area (Å²) in [5.74, 6) is 2.38. The summed E-state index contributed by atoms with van der Waals surface area (Å²) in [5.41, 5.74) is 13.4. The van der Waals surface area contributed by atoms with Crippen LogP contribution in [0.2, 0.25) is 0 Å². The molecule has 5 nitrogen and oxygen atoms in total. The lowest BCUT2D eigenvalue weighted by Gasteiger charge is -2.21. The molecule has 0 atom stereocenters. The minimum absolute atomic E-state index is 0.0147. The molecular formula is C54H50N4O. The number of hydrogen-bond donors (Lipinski definition) is 0. The number of rotatable bonds is 7. The summed E-state index contributed by atoms with van der Waals surface area (Å²) >= 11 is 0. The van der Waals surface area contributed by atoms with E-state index in [2.05, 4.69) is 227 Å². The predicted octanol–water partition coefficient (Wildman–Crippen LogP) is 13.4. The summed E-state index contributed by atoms with van der Waals surface area (Å²) in [4.78, 5) is 4.90. The van der Waals surface area contributed by atoms with Gasteiger partial charge in [-0.1, -0.05) is 120 Å². The number of hydrogen-bond acceptors (Lipinski definition) is 2. The first-order valence-corrected chi connectivity index (χ1v) is 20.4. The van der Waals surface area contributed by atoms with Crippen LogP contribution in [0.15, 0.2) is 158 Å². The SMILES string of the molecule is Cc1cccc(C)c1-c1cc(Oc2ccc3c4ccccc4n(-c4cc(C(C)(C)C)ccn4)c3c2)cc(-n2[c-][n+](-c3cccc(-c4ccccc4)c3)c(C(C)(C)C)c2)c1. The number of benzene rings is 6. The Bertz CT molecular complexity index is 2990. The van der Waals surface area contributed by atoms with E-state index in [-0.39, 0.29) is 10.8 Å². The van der Waals surface area contributed by atoms with Gasteiger partial charge in [0.05, 0.1) is 28.1 Å². The molecule has 0 aliphatic carbocycles. The van der Waals surface area contributed by atoms with Gasteiger partial charge in [-0.25, -0.2) is 4.98 Å². The van der Waals surface area contributed by atoms with Gasteiger partial charge in [-0.3, -0.25) is 13.7 Å². The van der Waals surface area contributed by atoms with Crippen LogP contribution in [0.25, 0.3) is 61.3 Å². The lowest BCUT2D eigenvalue weighted by atomic mass is 9.88. The van der Waals surface area contributed by atoms with Crippen molar-refractivity contribution in [3.05, 3.63) is 187 Å². The maximum atomic E-state index is 6.94. The number of imidazole rings is 1. The molecule has 0 radical (unpaired) electrons. The van der Waals surface area contributed by atoms with Gasteiger partial charge in [0.25, 0.3) is 6.33 Å². The molecule has 0 spiro atoms. The Hall–Kier alpha value is -6.72. The molecule has 3 aromatic heterocycles. The van der Waals surface area contributed by atoms with Crippen LogP contribution in [0.5, 0.6) is 11.5 Å². The summed E-state index contributed by atoms with van der Waals surface area (Å²) in [6.45, 7) is 17.8. The van der Waals surface area contributed by atoms with Gasteiger partial charge in [0, 0.05) is 29.2 Å². The van der Waals surface area contributed by atoms with Gasteiger partial charge in [-0.15, -0.1) is 0 Å². The molecule has 0 amide bonds. The van der Waals surface area contributed by atoms with Crippen LogP contribution >= 0.6 is 0 Å². The number of fused-ring (bicyclic) bond motifs is 3. The zero-order valence-electron chi connectivity index (χ0n) is 35.2. The van der Waals surface area contributed by atoms with Crippen LogP contribution < -0.4 is 9.30 Å². The van der Waals surface area contributed by atoms with Crippen molar-refractivity contribution in [2.24, 2.45) is 0 Å². The highest BCUT2D eigenvalue weighted by Gasteiger charge is 2.24. The molecule has 59 heavy (non-hydrogen) atoms. The first-order valence-electron chi connectivity index (χ1n) is 20.4. The Kier molecular flexibility index (Phi) is 9.35. The van der Waals surface area contributed by atoms with E-state index in [9.17, 15) is 0 Å². The average Bonchev–Trinajstić information content (AvgIpc) is 3.82. The molecule has 292 valence electrons. The molecule has 0 saturated carbocycles. The Morgan fingerprint density at radius 3 is 2.05 bits per heavy atom. The van der Waals surface area contributed by atoms with Gasteiger partial charge in [0.15, 0.2) is 0 Å². The van der Waals surface area contributed by atoms with Crippen molar-refractivity contribution in [1.82, 2.24) is 14.1 Å². The fourth-order valence-electron chi connectivity index (χ4n) is 8.28. The lowest BCUT2D eigenvalue weighted by molar-refractivity contribution is -0.611. The maximum absolute atomic E-state index is 6.94. The van der Waals surface area contributed by atoms with Crippen LogP contribution in [-0.2, 0) is 10.8 Å². The standard InChI is InChI=1S/C54H50N4O/c1-36-16-14-17-37(2)52(36)40-29-43(56-34-50(54(6,7)8)57(35-56)42-21-15-20-39(28-42)38-18-10-9-11-19-38)32-45(30-40)59-44-24-25-47-46-22-12-13-23-48(46)58(49(47)33-44)51-31-41(26-27-55-51)53(3,4)5/h9-34H,1-8H3. The number of aryl methyl sites for hydroxylation is 2. The second-order valence-corrected chi connectivity index (χ2v) is 17.8. The van der Waals surface area contributed by atoms with Crippen molar-refractivity contribution in [2.75, 3.05) is 0 Å². The summed E-state index contributed by atoms with van der Waals surface area (Å²) in [6.07, 6.45) is 7.88. The summed E-state index contributed by atoms with van der Waals surface area (Å²) in [6, 6.07) is 51.6. The zero-order chi connectivity index (χ0) is 41.1. The van der Waals surface area contributed by atoms with E-state index >= 15 is 0 Å². The highest BCUT2D eigenvalue weighted by molar-refractivity contribution is 6.09. The van der Waals surface area contributed by atoms with Crippen LogP contribution in [0.1, 0.15) is 63.9 Å². The van der Waals surface area contributed by atoms with E-state index in [1.165, 1.54) is 33.2 Å². The minimum Gasteiger partial charge on any atom is -0.458 e. The molecule has 0 fully saturated rings. The second kappa shape index (κ2) is 14.6. The van der Waals surface area contributed by atoms with Crippen molar-refractivity contribution in [1.29, 1.82) is 0 Å². The monoisotopic (exact) mass is 770 g/mol. The molecule has 5 heteroatoms. The number of para-hydroxylation sites is 1. The topological polar surface area (TPSA) is 35.9 Å². The van der Waals surface area contributed by atoms with Crippen LogP contribution in [0.3, 0.4) is 0 Å². The Morgan fingerprint density at radius 1 is 0.576 bits per heavy atom. The van der Waals surface area contributed by atoms with Gasteiger partial charge < -0.3 is 4.74 Å². The second-order valence-electron chi connectivity index (χ2n) is 17.8. The van der Waals surface area contributed by atoms with E-state index in [0.29, 0.717) is 0 Å². The van der Waals surface area contributed by atoms with Crippen molar-refractivity contribution >= 4 is 21.8 Å². The van der Waals surface area contributed by atoms with Crippen LogP contribution in [0.4, 0.5) is 0 Å². The smallest absolute Gasteiger partial charge is 0.269 e. The molecule has 6 aromatic carbocycles. The Balaban J connectivity index is 1.19. The quantitative estimate of drug-likeness (QED) is 0.120. The number of nitrogens with zero attached hydrogens (tertiary/aromatic N) is 4. The molecular weight excluding hydrogens is 721 g/mol. The molecule has 9 aromatic rings. The molecule has 3 heterocycles. The van der Waals surface area contributed by atoms with Gasteiger partial charge in [0.2, 0.25) is 0 Å². The third-order valence-corrected chi connectivity index (χ3v) is 11.3. The van der Waals surface area contributed by atoms with E-state index < -0.39 is 0 Å². The normalized spacial score (nSPS) is 12.1. The van der Waals surface area contributed by atoms with Gasteiger partial charge in [-0.2, -0.15) is 0 Å². The van der Waals surface area contributed by atoms with Crippen LogP contribution in [-0.4, -0.2) is 14.1 Å². The third-order valence-electron chi connectivity index (χ3n) is 11.3. The lowest BCUT2D eigenvalue weighted by Crippen LogP contribution is -2.38. The highest BCUT2D eigenvalue weighted by Crippen LogP contribution is 2.38. The zero-order valence-corrected chi connectivity index (χ0v) is 35.2. The fourth-order valence-corrected chi connectivity index (χ4v) is 8.28. The molecule has 0 unspecified atom stereocenters. The summed E-state index contributed by atoms with van der Waals surface area (Å²) in [7, 11) is 0. The molecule has 9 rings (SSSR count). The van der Waals surface area contributed by atoms with E-state index in [4.69, 9.17) is 9.72 Å². The van der Waals surface area contributed by atoms with Gasteiger partial charge >= 0.3 is 0 Å². The number of aromatic nitrogens is 4. The van der Waals surface area contributed by atoms with Crippen molar-refractivity contribution in [3.63, 3.8) is 0 Å². The molecule has 0 aliphatic rings. The average molecular weight is 771 g/mol. The fraction of sp³-hybridized carbons (Fsp3) is 0.185.